The second kappa shape index (κ2) is 3.10. The lowest BCUT2D eigenvalue weighted by atomic mass is 10.0. The van der Waals surface area contributed by atoms with Gasteiger partial charge in [-0.3, -0.25) is 9.59 Å². The van der Waals surface area contributed by atoms with E-state index in [1.54, 1.807) is 12.1 Å². The summed E-state index contributed by atoms with van der Waals surface area (Å²) in [5.74, 6) is -0.162. The van der Waals surface area contributed by atoms with Crippen molar-refractivity contribution in [3.8, 4) is 0 Å². The predicted octanol–water partition coefficient (Wildman–Crippen LogP) is 2.04. The lowest BCUT2D eigenvalue weighted by Crippen LogP contribution is -2.04. The standard InChI is InChI=1S/C10H8ClNO2/c1-5(13)6-2-3-8(11)10-7(6)4-9(14)12-10/h2-3H,4H2,1H3,(H,12,14). The fraction of sp³-hybridized carbons (Fsp3) is 0.200. The van der Waals surface area contributed by atoms with E-state index < -0.39 is 0 Å². The summed E-state index contributed by atoms with van der Waals surface area (Å²) < 4.78 is 0. The third kappa shape index (κ3) is 1.30. The number of ketones is 1. The molecular weight excluding hydrogens is 202 g/mol. The molecule has 72 valence electrons. The van der Waals surface area contributed by atoms with E-state index in [0.29, 0.717) is 16.3 Å². The third-order valence-corrected chi connectivity index (χ3v) is 2.56. The number of anilines is 1. The van der Waals surface area contributed by atoms with Gasteiger partial charge in [-0.15, -0.1) is 0 Å². The molecule has 1 aromatic rings. The molecule has 2 rings (SSSR count). The number of carbonyl (C=O) groups is 2. The topological polar surface area (TPSA) is 46.2 Å². The Kier molecular flexibility index (Phi) is 2.04. The fourth-order valence-electron chi connectivity index (χ4n) is 1.61. The number of halogens is 1. The maximum absolute atomic E-state index is 11.2. The van der Waals surface area contributed by atoms with Crippen LogP contribution in [0.4, 0.5) is 5.69 Å². The van der Waals surface area contributed by atoms with Gasteiger partial charge in [0.2, 0.25) is 5.91 Å². The number of Topliss-reactive ketones (excluding diaryl/α,β-unsaturated/α-hetero) is 1. The van der Waals surface area contributed by atoms with E-state index in [9.17, 15) is 9.59 Å². The largest absolute Gasteiger partial charge is 0.324 e. The summed E-state index contributed by atoms with van der Waals surface area (Å²) in [6.45, 7) is 1.48. The maximum Gasteiger partial charge on any atom is 0.228 e. The minimum absolute atomic E-state index is 0.0468. The second-order valence-electron chi connectivity index (χ2n) is 3.23. The predicted molar refractivity (Wildman–Crippen MR) is 53.8 cm³/mol. The number of nitrogens with one attached hydrogen (secondary N) is 1. The van der Waals surface area contributed by atoms with Crippen LogP contribution in [0.15, 0.2) is 12.1 Å². The smallest absolute Gasteiger partial charge is 0.228 e. The van der Waals surface area contributed by atoms with Gasteiger partial charge in [0.25, 0.3) is 0 Å². The first kappa shape index (κ1) is 9.21. The Morgan fingerprint density at radius 1 is 1.50 bits per heavy atom. The highest BCUT2D eigenvalue weighted by Crippen LogP contribution is 2.33. The lowest BCUT2D eigenvalue weighted by Gasteiger charge is -2.05. The van der Waals surface area contributed by atoms with Crippen molar-refractivity contribution in [2.24, 2.45) is 0 Å². The van der Waals surface area contributed by atoms with Crippen LogP contribution in [0.25, 0.3) is 0 Å². The third-order valence-electron chi connectivity index (χ3n) is 2.24. The Hall–Kier alpha value is -1.35. The van der Waals surface area contributed by atoms with Crippen molar-refractivity contribution in [3.63, 3.8) is 0 Å². The van der Waals surface area contributed by atoms with E-state index in [0.717, 1.165) is 5.56 Å². The molecule has 0 spiro atoms. The van der Waals surface area contributed by atoms with E-state index in [-0.39, 0.29) is 18.1 Å². The maximum atomic E-state index is 11.2. The molecule has 0 atom stereocenters. The van der Waals surface area contributed by atoms with Crippen LogP contribution in [-0.4, -0.2) is 11.7 Å². The second-order valence-corrected chi connectivity index (χ2v) is 3.64. The summed E-state index contributed by atoms with van der Waals surface area (Å²) in [4.78, 5) is 22.4. The van der Waals surface area contributed by atoms with Crippen LogP contribution < -0.4 is 5.32 Å². The molecule has 1 aromatic carbocycles. The van der Waals surface area contributed by atoms with Crippen molar-refractivity contribution in [3.05, 3.63) is 28.3 Å². The van der Waals surface area contributed by atoms with Gasteiger partial charge in [0.05, 0.1) is 17.1 Å². The molecule has 0 aromatic heterocycles. The Morgan fingerprint density at radius 3 is 2.86 bits per heavy atom. The Balaban J connectivity index is 2.64. The zero-order chi connectivity index (χ0) is 10.3. The quantitative estimate of drug-likeness (QED) is 0.720. The van der Waals surface area contributed by atoms with Gasteiger partial charge in [-0.2, -0.15) is 0 Å². The number of hydrogen-bond acceptors (Lipinski definition) is 2. The van der Waals surface area contributed by atoms with Gasteiger partial charge in [0.15, 0.2) is 5.78 Å². The summed E-state index contributed by atoms with van der Waals surface area (Å²) in [6, 6.07) is 3.28. The van der Waals surface area contributed by atoms with E-state index in [1.165, 1.54) is 6.92 Å². The average molecular weight is 210 g/mol. The Labute approximate surface area is 86.1 Å². The fourth-order valence-corrected chi connectivity index (χ4v) is 1.84. The Morgan fingerprint density at radius 2 is 2.21 bits per heavy atom. The van der Waals surface area contributed by atoms with Crippen molar-refractivity contribution in [1.29, 1.82) is 0 Å². The molecule has 1 heterocycles. The van der Waals surface area contributed by atoms with Crippen molar-refractivity contribution in [1.82, 2.24) is 0 Å². The van der Waals surface area contributed by atoms with Crippen LogP contribution >= 0.6 is 11.6 Å². The number of hydrogen-bond donors (Lipinski definition) is 1. The van der Waals surface area contributed by atoms with Crippen molar-refractivity contribution in [2.45, 2.75) is 13.3 Å². The lowest BCUT2D eigenvalue weighted by molar-refractivity contribution is -0.115. The summed E-state index contributed by atoms with van der Waals surface area (Å²) >= 11 is 5.89. The van der Waals surface area contributed by atoms with Gasteiger partial charge in [0.1, 0.15) is 0 Å². The molecule has 1 aliphatic heterocycles. The van der Waals surface area contributed by atoms with E-state index in [1.807, 2.05) is 0 Å². The highest BCUT2D eigenvalue weighted by molar-refractivity contribution is 6.34. The minimum atomic E-state index is -0.115. The van der Waals surface area contributed by atoms with Gasteiger partial charge in [-0.1, -0.05) is 11.6 Å². The first-order valence-electron chi connectivity index (χ1n) is 4.22. The van der Waals surface area contributed by atoms with Crippen LogP contribution in [0.1, 0.15) is 22.8 Å². The van der Waals surface area contributed by atoms with Crippen molar-refractivity contribution in [2.75, 3.05) is 5.32 Å². The zero-order valence-corrected chi connectivity index (χ0v) is 8.31. The number of carbonyl (C=O) groups excluding carboxylic acids is 2. The van der Waals surface area contributed by atoms with Gasteiger partial charge in [0, 0.05) is 5.56 Å². The number of amides is 1. The molecule has 1 amide bonds. The minimum Gasteiger partial charge on any atom is -0.324 e. The van der Waals surface area contributed by atoms with Crippen LogP contribution in [0.5, 0.6) is 0 Å². The zero-order valence-electron chi connectivity index (χ0n) is 7.56. The molecule has 1 aliphatic rings. The van der Waals surface area contributed by atoms with E-state index in [4.69, 9.17) is 11.6 Å². The number of rotatable bonds is 1. The first-order valence-corrected chi connectivity index (χ1v) is 4.59. The van der Waals surface area contributed by atoms with Crippen LogP contribution in [0, 0.1) is 0 Å². The molecule has 0 bridgehead atoms. The molecule has 4 heteroatoms. The van der Waals surface area contributed by atoms with Crippen LogP contribution in [-0.2, 0) is 11.2 Å². The monoisotopic (exact) mass is 209 g/mol. The van der Waals surface area contributed by atoms with E-state index in [2.05, 4.69) is 5.32 Å². The molecule has 0 fully saturated rings. The molecule has 0 radical (unpaired) electrons. The normalized spacial score (nSPS) is 13.7. The average Bonchev–Trinajstić information content (AvgIpc) is 2.47. The molecule has 0 unspecified atom stereocenters. The molecule has 14 heavy (non-hydrogen) atoms. The summed E-state index contributed by atoms with van der Waals surface area (Å²) in [6.07, 6.45) is 0.241. The molecular formula is C10H8ClNO2. The van der Waals surface area contributed by atoms with Gasteiger partial charge >= 0.3 is 0 Å². The van der Waals surface area contributed by atoms with Crippen LogP contribution in [0.2, 0.25) is 5.02 Å². The summed E-state index contributed by atoms with van der Waals surface area (Å²) in [5, 5.41) is 3.12. The number of benzene rings is 1. The number of fused-ring (bicyclic) bond motifs is 1. The SMILES string of the molecule is CC(=O)c1ccc(Cl)c2c1CC(=O)N2. The first-order chi connectivity index (χ1) is 6.59. The van der Waals surface area contributed by atoms with Crippen LogP contribution in [0.3, 0.4) is 0 Å². The summed E-state index contributed by atoms with van der Waals surface area (Å²) in [7, 11) is 0. The van der Waals surface area contributed by atoms with E-state index >= 15 is 0 Å². The van der Waals surface area contributed by atoms with Gasteiger partial charge in [-0.25, -0.2) is 0 Å². The van der Waals surface area contributed by atoms with Gasteiger partial charge < -0.3 is 5.32 Å². The molecule has 3 nitrogen and oxygen atoms in total. The van der Waals surface area contributed by atoms with Crippen molar-refractivity contribution >= 4 is 29.0 Å². The molecule has 0 saturated heterocycles. The highest BCUT2D eigenvalue weighted by Gasteiger charge is 2.24. The highest BCUT2D eigenvalue weighted by atomic mass is 35.5. The molecule has 0 saturated carbocycles. The van der Waals surface area contributed by atoms with Gasteiger partial charge in [-0.05, 0) is 24.6 Å². The Bertz CT molecular complexity index is 440. The molecule has 1 N–H and O–H groups in total. The van der Waals surface area contributed by atoms with Crippen molar-refractivity contribution < 1.29 is 9.59 Å². The molecule has 0 aliphatic carbocycles. The summed E-state index contributed by atoms with van der Waals surface area (Å²) in [5.41, 5.74) is 1.88.